The molecule has 1 saturated carbocycles. The molecule has 0 saturated heterocycles. The molecule has 0 aliphatic heterocycles. The van der Waals surface area contributed by atoms with Crippen molar-refractivity contribution in [2.24, 2.45) is 17.6 Å². The van der Waals surface area contributed by atoms with Crippen LogP contribution in [-0.4, -0.2) is 6.54 Å². The number of fused-ring (bicyclic) bond motifs is 1. The molecule has 1 aromatic rings. The lowest BCUT2D eigenvalue weighted by Gasteiger charge is -2.28. The smallest absolute Gasteiger partial charge is 0.195 e. The van der Waals surface area contributed by atoms with E-state index in [1.807, 2.05) is 0 Å². The van der Waals surface area contributed by atoms with Crippen LogP contribution in [0.3, 0.4) is 0 Å². The molecule has 0 unspecified atom stereocenters. The highest BCUT2D eigenvalue weighted by Crippen LogP contribution is 2.39. The van der Waals surface area contributed by atoms with Crippen LogP contribution in [0.5, 0.6) is 0 Å². The molecule has 2 aliphatic carbocycles. The number of nitrogens with two attached hydrogens (primary N) is 1. The standard InChI is InChI=1S/C16H18F3N/c17-14-7-12-5-11(6-13(12)15(18)16(14)19)10-3-1-9(8-20)2-4-10/h6-7,9-10H,1-5,8,20H2. The van der Waals surface area contributed by atoms with E-state index in [2.05, 4.69) is 0 Å². The van der Waals surface area contributed by atoms with Crippen LogP contribution >= 0.6 is 0 Å². The highest BCUT2D eigenvalue weighted by molar-refractivity contribution is 5.65. The summed E-state index contributed by atoms with van der Waals surface area (Å²) in [6.07, 6.45) is 6.50. The summed E-state index contributed by atoms with van der Waals surface area (Å²) in [6, 6.07) is 1.13. The summed E-state index contributed by atoms with van der Waals surface area (Å²) in [5.74, 6) is -2.53. The normalized spacial score (nSPS) is 25.5. The maximum Gasteiger partial charge on any atom is 0.195 e. The Hall–Kier alpha value is -1.29. The molecule has 20 heavy (non-hydrogen) atoms. The molecule has 4 heteroatoms. The molecule has 0 heterocycles. The first-order chi connectivity index (χ1) is 9.60. The second kappa shape index (κ2) is 5.24. The molecule has 1 aromatic carbocycles. The Morgan fingerprint density at radius 3 is 2.40 bits per heavy atom. The highest BCUT2D eigenvalue weighted by Gasteiger charge is 2.28. The largest absolute Gasteiger partial charge is 0.330 e. The Morgan fingerprint density at radius 1 is 1.05 bits per heavy atom. The first-order valence-electron chi connectivity index (χ1n) is 7.17. The number of halogens is 3. The molecule has 0 amide bonds. The van der Waals surface area contributed by atoms with E-state index in [1.54, 1.807) is 6.08 Å². The topological polar surface area (TPSA) is 26.0 Å². The summed E-state index contributed by atoms with van der Waals surface area (Å²) in [6.45, 7) is 0.719. The van der Waals surface area contributed by atoms with Crippen molar-refractivity contribution >= 4 is 6.08 Å². The van der Waals surface area contributed by atoms with Gasteiger partial charge in [-0.25, -0.2) is 13.2 Å². The summed E-state index contributed by atoms with van der Waals surface area (Å²) in [7, 11) is 0. The van der Waals surface area contributed by atoms with Crippen molar-refractivity contribution in [2.45, 2.75) is 32.1 Å². The minimum atomic E-state index is -1.37. The third-order valence-electron chi connectivity index (χ3n) is 4.71. The minimum Gasteiger partial charge on any atom is -0.330 e. The zero-order chi connectivity index (χ0) is 14.3. The monoisotopic (exact) mass is 281 g/mol. The molecule has 108 valence electrons. The number of allylic oxidation sites excluding steroid dienone is 1. The van der Waals surface area contributed by atoms with Crippen LogP contribution in [0.25, 0.3) is 6.08 Å². The molecule has 1 fully saturated rings. The van der Waals surface area contributed by atoms with Crippen molar-refractivity contribution in [1.82, 2.24) is 0 Å². The molecular weight excluding hydrogens is 263 g/mol. The van der Waals surface area contributed by atoms with Gasteiger partial charge in [0, 0.05) is 5.56 Å². The van der Waals surface area contributed by atoms with Crippen LogP contribution < -0.4 is 5.73 Å². The predicted molar refractivity (Wildman–Crippen MR) is 72.5 cm³/mol. The van der Waals surface area contributed by atoms with E-state index in [9.17, 15) is 13.2 Å². The molecule has 0 radical (unpaired) electrons. The molecule has 3 rings (SSSR count). The number of hydrogen-bond donors (Lipinski definition) is 1. The Bertz CT molecular complexity index is 557. The number of hydrogen-bond acceptors (Lipinski definition) is 1. The van der Waals surface area contributed by atoms with Gasteiger partial charge in [0.2, 0.25) is 0 Å². The Morgan fingerprint density at radius 2 is 1.75 bits per heavy atom. The maximum absolute atomic E-state index is 13.7. The third-order valence-corrected chi connectivity index (χ3v) is 4.71. The third kappa shape index (κ3) is 2.26. The predicted octanol–water partition coefficient (Wildman–Crippen LogP) is 3.81. The molecule has 0 bridgehead atoms. The van der Waals surface area contributed by atoms with Gasteiger partial charge in [-0.1, -0.05) is 11.6 Å². The van der Waals surface area contributed by atoms with E-state index in [0.717, 1.165) is 43.9 Å². The lowest BCUT2D eigenvalue weighted by molar-refractivity contribution is 0.306. The molecule has 2 aliphatic rings. The van der Waals surface area contributed by atoms with Crippen molar-refractivity contribution < 1.29 is 13.2 Å². The quantitative estimate of drug-likeness (QED) is 0.820. The van der Waals surface area contributed by atoms with Crippen LogP contribution in [0.15, 0.2) is 11.6 Å². The molecular formula is C16H18F3N. The first-order valence-corrected chi connectivity index (χ1v) is 7.17. The van der Waals surface area contributed by atoms with Gasteiger partial charge >= 0.3 is 0 Å². The summed E-state index contributed by atoms with van der Waals surface area (Å²) < 4.78 is 40.3. The van der Waals surface area contributed by atoms with Crippen LogP contribution in [0.1, 0.15) is 36.8 Å². The van der Waals surface area contributed by atoms with Gasteiger partial charge in [0.1, 0.15) is 0 Å². The average Bonchev–Trinajstić information content (AvgIpc) is 2.89. The summed E-state index contributed by atoms with van der Waals surface area (Å²) >= 11 is 0. The Labute approximate surface area is 116 Å². The van der Waals surface area contributed by atoms with Crippen LogP contribution in [-0.2, 0) is 6.42 Å². The van der Waals surface area contributed by atoms with E-state index in [0.29, 0.717) is 23.8 Å². The van der Waals surface area contributed by atoms with Gasteiger partial charge in [-0.05, 0) is 62.1 Å². The van der Waals surface area contributed by atoms with Gasteiger partial charge in [0.05, 0.1) is 0 Å². The Kier molecular flexibility index (Phi) is 3.59. The van der Waals surface area contributed by atoms with Gasteiger partial charge in [0.25, 0.3) is 0 Å². The van der Waals surface area contributed by atoms with Crippen molar-refractivity contribution in [1.29, 1.82) is 0 Å². The first kappa shape index (κ1) is 13.7. The summed E-state index contributed by atoms with van der Waals surface area (Å²) in [5, 5.41) is 0. The number of rotatable bonds is 2. The van der Waals surface area contributed by atoms with Crippen molar-refractivity contribution in [3.8, 4) is 0 Å². The fourth-order valence-electron chi connectivity index (χ4n) is 3.45. The van der Waals surface area contributed by atoms with Gasteiger partial charge in [-0.15, -0.1) is 0 Å². The average molecular weight is 281 g/mol. The van der Waals surface area contributed by atoms with Gasteiger partial charge in [0.15, 0.2) is 17.5 Å². The second-order valence-corrected chi connectivity index (χ2v) is 5.91. The van der Waals surface area contributed by atoms with Crippen molar-refractivity contribution in [3.63, 3.8) is 0 Å². The molecule has 2 N–H and O–H groups in total. The van der Waals surface area contributed by atoms with Gasteiger partial charge in [-0.2, -0.15) is 0 Å². The van der Waals surface area contributed by atoms with E-state index in [1.165, 1.54) is 0 Å². The van der Waals surface area contributed by atoms with Gasteiger partial charge < -0.3 is 5.73 Å². The Balaban J connectivity index is 1.80. The lowest BCUT2D eigenvalue weighted by atomic mass is 9.78. The SMILES string of the molecule is NCC1CCC(C2=Cc3c(cc(F)c(F)c3F)C2)CC1. The van der Waals surface area contributed by atoms with E-state index in [4.69, 9.17) is 5.73 Å². The van der Waals surface area contributed by atoms with E-state index >= 15 is 0 Å². The maximum atomic E-state index is 13.7. The van der Waals surface area contributed by atoms with Crippen LogP contribution in [0.2, 0.25) is 0 Å². The van der Waals surface area contributed by atoms with Crippen molar-refractivity contribution in [2.75, 3.05) is 6.54 Å². The van der Waals surface area contributed by atoms with Crippen LogP contribution in [0, 0.1) is 29.3 Å². The minimum absolute atomic E-state index is 0.236. The zero-order valence-electron chi connectivity index (χ0n) is 11.3. The van der Waals surface area contributed by atoms with E-state index in [-0.39, 0.29) is 5.56 Å². The number of benzene rings is 1. The molecule has 1 nitrogen and oxygen atoms in total. The summed E-state index contributed by atoms with van der Waals surface area (Å²) in [4.78, 5) is 0. The lowest BCUT2D eigenvalue weighted by Crippen LogP contribution is -2.22. The molecule has 0 aromatic heterocycles. The van der Waals surface area contributed by atoms with Gasteiger partial charge in [-0.3, -0.25) is 0 Å². The van der Waals surface area contributed by atoms with Crippen LogP contribution in [0.4, 0.5) is 13.2 Å². The van der Waals surface area contributed by atoms with Crippen molar-refractivity contribution in [3.05, 3.63) is 40.2 Å². The summed E-state index contributed by atoms with van der Waals surface area (Å²) in [5.41, 5.74) is 7.59. The highest BCUT2D eigenvalue weighted by atomic mass is 19.2. The molecule has 0 spiro atoms. The fraction of sp³-hybridized carbons (Fsp3) is 0.500. The fourth-order valence-corrected chi connectivity index (χ4v) is 3.45. The molecule has 0 atom stereocenters. The second-order valence-electron chi connectivity index (χ2n) is 5.91. The van der Waals surface area contributed by atoms with E-state index < -0.39 is 17.5 Å². The zero-order valence-corrected chi connectivity index (χ0v) is 11.3.